The average molecular weight is 352 g/mol. The van der Waals surface area contributed by atoms with E-state index >= 15 is 0 Å². The van der Waals surface area contributed by atoms with E-state index in [4.69, 9.17) is 4.74 Å². The summed E-state index contributed by atoms with van der Waals surface area (Å²) in [4.78, 5) is 0. The van der Waals surface area contributed by atoms with Crippen LogP contribution in [0.1, 0.15) is 31.0 Å². The molecule has 21 heavy (non-hydrogen) atoms. The third kappa shape index (κ3) is 3.83. The Hall–Kier alpha value is -1.39. The maximum absolute atomic E-state index is 13.8. The van der Waals surface area contributed by atoms with Crippen LogP contribution in [0.4, 0.5) is 4.39 Å². The van der Waals surface area contributed by atoms with Crippen LogP contribution in [0.5, 0.6) is 5.75 Å². The van der Waals surface area contributed by atoms with Crippen molar-refractivity contribution in [3.8, 4) is 5.75 Å². The fourth-order valence-electron chi connectivity index (χ4n) is 2.28. The van der Waals surface area contributed by atoms with Crippen LogP contribution >= 0.6 is 15.9 Å². The zero-order chi connectivity index (χ0) is 15.2. The number of benzene rings is 2. The largest absolute Gasteiger partial charge is 0.494 e. The molecule has 2 nitrogen and oxygen atoms in total. The van der Waals surface area contributed by atoms with Gasteiger partial charge in [-0.25, -0.2) is 4.39 Å². The van der Waals surface area contributed by atoms with Gasteiger partial charge in [0.15, 0.2) is 0 Å². The summed E-state index contributed by atoms with van der Waals surface area (Å²) in [5.74, 6) is 0.594. The number of halogens is 2. The summed E-state index contributed by atoms with van der Waals surface area (Å²) < 4.78 is 19.7. The van der Waals surface area contributed by atoms with Crippen molar-refractivity contribution in [1.29, 1.82) is 0 Å². The zero-order valence-electron chi connectivity index (χ0n) is 12.2. The van der Waals surface area contributed by atoms with Crippen LogP contribution in [0.25, 0.3) is 0 Å². The molecule has 0 aliphatic heterocycles. The lowest BCUT2D eigenvalue weighted by molar-refractivity contribution is 0.340. The lowest BCUT2D eigenvalue weighted by Gasteiger charge is -2.21. The molecule has 0 aliphatic carbocycles. The Kier molecular flexibility index (Phi) is 5.76. The van der Waals surface area contributed by atoms with E-state index in [1.54, 1.807) is 6.07 Å². The summed E-state index contributed by atoms with van der Waals surface area (Å²) in [5, 5.41) is 3.40. The minimum Gasteiger partial charge on any atom is -0.494 e. The molecular weight excluding hydrogens is 333 g/mol. The SMILES string of the molecule is CCNC(c1ccc(OCC)cc1)c1cccc(F)c1Br. The summed E-state index contributed by atoms with van der Waals surface area (Å²) in [6.07, 6.45) is 0. The van der Waals surface area contributed by atoms with Crippen molar-refractivity contribution in [2.75, 3.05) is 13.2 Å². The smallest absolute Gasteiger partial charge is 0.137 e. The van der Waals surface area contributed by atoms with Gasteiger partial charge in [0.05, 0.1) is 17.1 Å². The van der Waals surface area contributed by atoms with Crippen molar-refractivity contribution in [2.24, 2.45) is 0 Å². The number of hydrogen-bond donors (Lipinski definition) is 1. The van der Waals surface area contributed by atoms with Gasteiger partial charge in [0.2, 0.25) is 0 Å². The van der Waals surface area contributed by atoms with Crippen LogP contribution in [-0.4, -0.2) is 13.2 Å². The molecule has 1 N–H and O–H groups in total. The molecule has 1 unspecified atom stereocenters. The van der Waals surface area contributed by atoms with Crippen LogP contribution in [0.15, 0.2) is 46.9 Å². The number of hydrogen-bond acceptors (Lipinski definition) is 2. The molecule has 0 saturated heterocycles. The van der Waals surface area contributed by atoms with E-state index in [0.717, 1.165) is 23.4 Å². The second-order valence-corrected chi connectivity index (χ2v) is 5.43. The predicted octanol–water partition coefficient (Wildman–Crippen LogP) is 4.69. The zero-order valence-corrected chi connectivity index (χ0v) is 13.8. The third-order valence-corrected chi connectivity index (χ3v) is 4.06. The molecule has 0 radical (unpaired) electrons. The average Bonchev–Trinajstić information content (AvgIpc) is 2.49. The molecule has 112 valence electrons. The summed E-state index contributed by atoms with van der Waals surface area (Å²) >= 11 is 3.35. The fraction of sp³-hybridized carbons (Fsp3) is 0.294. The van der Waals surface area contributed by atoms with E-state index in [1.165, 1.54) is 6.07 Å². The standard InChI is InChI=1S/C17H19BrFNO/c1-3-20-17(14-6-5-7-15(19)16(14)18)12-8-10-13(11-9-12)21-4-2/h5-11,17,20H,3-4H2,1-2H3. The molecule has 0 aliphatic rings. The molecule has 0 aromatic heterocycles. The molecule has 1 atom stereocenters. The third-order valence-electron chi connectivity index (χ3n) is 3.23. The molecule has 0 amide bonds. The Morgan fingerprint density at radius 1 is 1.14 bits per heavy atom. The normalized spacial score (nSPS) is 12.2. The highest BCUT2D eigenvalue weighted by Crippen LogP contribution is 2.31. The first-order valence-corrected chi connectivity index (χ1v) is 7.86. The monoisotopic (exact) mass is 351 g/mol. The van der Waals surface area contributed by atoms with Crippen LogP contribution < -0.4 is 10.1 Å². The Labute approximate surface area is 133 Å². The van der Waals surface area contributed by atoms with E-state index < -0.39 is 0 Å². The number of rotatable bonds is 6. The van der Waals surface area contributed by atoms with Gasteiger partial charge in [-0.2, -0.15) is 0 Å². The van der Waals surface area contributed by atoms with Gasteiger partial charge in [-0.15, -0.1) is 0 Å². The summed E-state index contributed by atoms with van der Waals surface area (Å²) in [6, 6.07) is 13.0. The molecule has 2 aromatic rings. The van der Waals surface area contributed by atoms with Gasteiger partial charge in [0, 0.05) is 0 Å². The van der Waals surface area contributed by atoms with E-state index in [-0.39, 0.29) is 11.9 Å². The first-order chi connectivity index (χ1) is 10.2. The molecule has 0 spiro atoms. The molecule has 2 rings (SSSR count). The maximum Gasteiger partial charge on any atom is 0.137 e. The Balaban J connectivity index is 2.36. The van der Waals surface area contributed by atoms with Crippen molar-refractivity contribution < 1.29 is 9.13 Å². The predicted molar refractivity (Wildman–Crippen MR) is 87.2 cm³/mol. The molecular formula is C17H19BrFNO. The van der Waals surface area contributed by atoms with Gasteiger partial charge >= 0.3 is 0 Å². The fourth-order valence-corrected chi connectivity index (χ4v) is 2.77. The van der Waals surface area contributed by atoms with E-state index in [0.29, 0.717) is 11.1 Å². The molecule has 0 saturated carbocycles. The molecule has 4 heteroatoms. The highest BCUT2D eigenvalue weighted by atomic mass is 79.9. The Morgan fingerprint density at radius 3 is 2.48 bits per heavy atom. The molecule has 0 heterocycles. The topological polar surface area (TPSA) is 21.3 Å². The van der Waals surface area contributed by atoms with Crippen molar-refractivity contribution >= 4 is 15.9 Å². The van der Waals surface area contributed by atoms with Crippen LogP contribution in [0.3, 0.4) is 0 Å². The summed E-state index contributed by atoms with van der Waals surface area (Å²) in [6.45, 7) is 5.43. The van der Waals surface area contributed by atoms with Crippen molar-refractivity contribution in [3.63, 3.8) is 0 Å². The van der Waals surface area contributed by atoms with Crippen molar-refractivity contribution in [1.82, 2.24) is 5.32 Å². The first kappa shape index (κ1) is 16.0. The second kappa shape index (κ2) is 7.57. The van der Waals surface area contributed by atoms with E-state index in [1.807, 2.05) is 44.2 Å². The van der Waals surface area contributed by atoms with Gasteiger partial charge in [-0.1, -0.05) is 31.2 Å². The second-order valence-electron chi connectivity index (χ2n) is 4.64. The van der Waals surface area contributed by atoms with Crippen molar-refractivity contribution in [3.05, 3.63) is 63.9 Å². The first-order valence-electron chi connectivity index (χ1n) is 7.07. The van der Waals surface area contributed by atoms with E-state index in [9.17, 15) is 4.39 Å². The maximum atomic E-state index is 13.8. The molecule has 0 bridgehead atoms. The van der Waals surface area contributed by atoms with Gasteiger partial charge in [-0.05, 0) is 58.7 Å². The van der Waals surface area contributed by atoms with Crippen LogP contribution in [-0.2, 0) is 0 Å². The summed E-state index contributed by atoms with van der Waals surface area (Å²) in [7, 11) is 0. The number of nitrogens with one attached hydrogen (secondary N) is 1. The van der Waals surface area contributed by atoms with Crippen LogP contribution in [0.2, 0.25) is 0 Å². The minimum absolute atomic E-state index is 0.0595. The number of ether oxygens (including phenoxy) is 1. The highest BCUT2D eigenvalue weighted by Gasteiger charge is 2.17. The van der Waals surface area contributed by atoms with Crippen molar-refractivity contribution in [2.45, 2.75) is 19.9 Å². The van der Waals surface area contributed by atoms with Gasteiger partial charge < -0.3 is 10.1 Å². The lowest BCUT2D eigenvalue weighted by Crippen LogP contribution is -2.22. The van der Waals surface area contributed by atoms with E-state index in [2.05, 4.69) is 21.2 Å². The Morgan fingerprint density at radius 2 is 1.86 bits per heavy atom. The quantitative estimate of drug-likeness (QED) is 0.815. The highest BCUT2D eigenvalue weighted by molar-refractivity contribution is 9.10. The molecule has 2 aromatic carbocycles. The minimum atomic E-state index is -0.249. The lowest BCUT2D eigenvalue weighted by atomic mass is 9.98. The summed E-state index contributed by atoms with van der Waals surface area (Å²) in [5.41, 5.74) is 1.97. The molecule has 0 fully saturated rings. The van der Waals surface area contributed by atoms with Gasteiger partial charge in [0.25, 0.3) is 0 Å². The Bertz CT molecular complexity index is 586. The van der Waals surface area contributed by atoms with Gasteiger partial charge in [0.1, 0.15) is 11.6 Å². The van der Waals surface area contributed by atoms with Gasteiger partial charge in [-0.3, -0.25) is 0 Å². The van der Waals surface area contributed by atoms with Crippen LogP contribution in [0, 0.1) is 5.82 Å².